The third kappa shape index (κ3) is 4.24. The van der Waals surface area contributed by atoms with Crippen LogP contribution in [0.2, 0.25) is 0 Å². The van der Waals surface area contributed by atoms with E-state index in [0.29, 0.717) is 31.3 Å². The maximum atomic E-state index is 12.7. The maximum Gasteiger partial charge on any atom is 0.346 e. The van der Waals surface area contributed by atoms with Gasteiger partial charge >= 0.3 is 5.69 Å². The number of fused-ring (bicyclic) bond motifs is 1. The number of nitrogens with two attached hydrogens (primary N) is 1. The monoisotopic (exact) mass is 441 g/mol. The summed E-state index contributed by atoms with van der Waals surface area (Å²) in [7, 11) is 0. The summed E-state index contributed by atoms with van der Waals surface area (Å²) >= 11 is 1.55. The molecule has 162 valence electrons. The van der Waals surface area contributed by atoms with E-state index in [-0.39, 0.29) is 24.7 Å². The Morgan fingerprint density at radius 3 is 2.87 bits per heavy atom. The first-order valence-electron chi connectivity index (χ1n) is 10.1. The van der Waals surface area contributed by atoms with E-state index in [1.165, 1.54) is 21.1 Å². The first-order valence-corrected chi connectivity index (χ1v) is 10.9. The lowest BCUT2D eigenvalue weighted by Gasteiger charge is -2.29. The van der Waals surface area contributed by atoms with E-state index < -0.39 is 0 Å². The number of hydrogen-bond donors (Lipinski definition) is 1. The van der Waals surface area contributed by atoms with Crippen molar-refractivity contribution in [3.8, 4) is 0 Å². The van der Waals surface area contributed by atoms with Gasteiger partial charge in [-0.25, -0.2) is 13.9 Å². The van der Waals surface area contributed by atoms with Gasteiger partial charge in [0, 0.05) is 24.4 Å². The number of halogens is 1. The summed E-state index contributed by atoms with van der Waals surface area (Å²) in [5, 5.41) is 4.93. The summed E-state index contributed by atoms with van der Waals surface area (Å²) in [6, 6.07) is 10.1. The number of anilines is 2. The number of para-hydroxylation sites is 1. The molecule has 3 heterocycles. The quantitative estimate of drug-likeness (QED) is 0.611. The van der Waals surface area contributed by atoms with Crippen LogP contribution in [0.3, 0.4) is 0 Å². The maximum absolute atomic E-state index is 12.7. The lowest BCUT2D eigenvalue weighted by atomic mass is 9.98. The molecule has 0 saturated carbocycles. The summed E-state index contributed by atoms with van der Waals surface area (Å²) in [6.45, 7) is 2.54. The smallest absolute Gasteiger partial charge is 0.327 e. The molecule has 1 aromatic carbocycles. The Balaban J connectivity index is 1.50. The minimum atomic E-state index is -0.305. The van der Waals surface area contributed by atoms with Gasteiger partial charge in [0.2, 0.25) is 5.91 Å². The summed E-state index contributed by atoms with van der Waals surface area (Å²) in [5.41, 5.74) is 8.71. The van der Waals surface area contributed by atoms with Crippen molar-refractivity contribution in [2.24, 2.45) is 5.73 Å². The fourth-order valence-electron chi connectivity index (χ4n) is 3.77. The second-order valence-corrected chi connectivity index (χ2v) is 8.68. The molecule has 2 aromatic heterocycles. The molecule has 0 saturated heterocycles. The molecule has 7 nitrogen and oxygen atoms in total. The van der Waals surface area contributed by atoms with Crippen molar-refractivity contribution in [3.63, 3.8) is 0 Å². The van der Waals surface area contributed by atoms with E-state index in [9.17, 15) is 14.0 Å². The molecule has 4 rings (SSSR count). The van der Waals surface area contributed by atoms with E-state index in [4.69, 9.17) is 5.73 Å². The van der Waals surface area contributed by atoms with Crippen LogP contribution in [0.4, 0.5) is 15.1 Å². The van der Waals surface area contributed by atoms with Gasteiger partial charge in [0.15, 0.2) is 0 Å². The number of rotatable bonds is 7. The molecule has 0 radical (unpaired) electrons. The molecular formula is C22H24FN5O2S. The molecule has 9 heteroatoms. The molecule has 0 aliphatic carbocycles. The van der Waals surface area contributed by atoms with Crippen LogP contribution in [-0.4, -0.2) is 26.8 Å². The molecule has 3 aromatic rings. The molecular weight excluding hydrogens is 417 g/mol. The molecule has 31 heavy (non-hydrogen) atoms. The van der Waals surface area contributed by atoms with Gasteiger partial charge in [-0.1, -0.05) is 18.2 Å². The van der Waals surface area contributed by atoms with E-state index in [1.807, 2.05) is 36.1 Å². The molecule has 1 aliphatic rings. The van der Waals surface area contributed by atoms with E-state index in [1.54, 1.807) is 11.3 Å². The first-order chi connectivity index (χ1) is 15.0. The molecule has 0 unspecified atom stereocenters. The van der Waals surface area contributed by atoms with Crippen molar-refractivity contribution < 1.29 is 9.18 Å². The number of nitrogens with zero attached hydrogens (tertiary/aromatic N) is 4. The van der Waals surface area contributed by atoms with Crippen molar-refractivity contribution in [3.05, 3.63) is 75.1 Å². The van der Waals surface area contributed by atoms with Gasteiger partial charge in [-0.15, -0.1) is 11.3 Å². The Kier molecular flexibility index (Phi) is 6.15. The third-order valence-corrected chi connectivity index (χ3v) is 6.57. The van der Waals surface area contributed by atoms with Gasteiger partial charge < -0.3 is 5.73 Å². The van der Waals surface area contributed by atoms with Crippen LogP contribution in [-0.2, 0) is 30.7 Å². The lowest BCUT2D eigenvalue weighted by molar-refractivity contribution is -0.118. The fraction of sp³-hybridized carbons (Fsp3) is 0.318. The average Bonchev–Trinajstić information content (AvgIpc) is 3.37. The average molecular weight is 442 g/mol. The fourth-order valence-corrected chi connectivity index (χ4v) is 4.79. The van der Waals surface area contributed by atoms with Crippen LogP contribution >= 0.6 is 11.3 Å². The highest BCUT2D eigenvalue weighted by molar-refractivity contribution is 7.16. The van der Waals surface area contributed by atoms with Crippen molar-refractivity contribution in [1.82, 2.24) is 14.3 Å². The number of carbonyl (C=O) groups is 1. The molecule has 0 fully saturated rings. The highest BCUT2D eigenvalue weighted by Crippen LogP contribution is 2.39. The third-order valence-electron chi connectivity index (χ3n) is 5.44. The van der Waals surface area contributed by atoms with Crippen LogP contribution in [0.1, 0.15) is 22.4 Å². The van der Waals surface area contributed by atoms with Gasteiger partial charge in [0.1, 0.15) is 11.3 Å². The Hall–Kier alpha value is -3.04. The SMILES string of the molecule is Cc1cccc2c1N(c1ccc(CCn3cnn(C/C(=C/F)CN)c3=O)s1)C(=O)CC2. The Labute approximate surface area is 183 Å². The predicted octanol–water partition coefficient (Wildman–Crippen LogP) is 3.08. The van der Waals surface area contributed by atoms with Crippen molar-refractivity contribution in [2.45, 2.75) is 39.3 Å². The molecule has 2 N–H and O–H groups in total. The minimum Gasteiger partial charge on any atom is -0.327 e. The van der Waals surface area contributed by atoms with Gasteiger partial charge in [0.25, 0.3) is 0 Å². The van der Waals surface area contributed by atoms with Gasteiger partial charge in [-0.05, 0) is 48.6 Å². The summed E-state index contributed by atoms with van der Waals surface area (Å²) in [6.07, 6.45) is 3.76. The van der Waals surface area contributed by atoms with Crippen LogP contribution in [0.5, 0.6) is 0 Å². The molecule has 0 atom stereocenters. The highest BCUT2D eigenvalue weighted by Gasteiger charge is 2.27. The highest BCUT2D eigenvalue weighted by atomic mass is 32.1. The second-order valence-electron chi connectivity index (χ2n) is 7.54. The Morgan fingerprint density at radius 1 is 1.26 bits per heavy atom. The lowest BCUT2D eigenvalue weighted by Crippen LogP contribution is -2.30. The Bertz CT molecular complexity index is 1190. The predicted molar refractivity (Wildman–Crippen MR) is 119 cm³/mol. The minimum absolute atomic E-state index is 0.0333. The zero-order valence-electron chi connectivity index (χ0n) is 17.3. The van der Waals surface area contributed by atoms with Gasteiger partial charge in [-0.2, -0.15) is 5.10 Å². The van der Waals surface area contributed by atoms with Crippen LogP contribution in [0.25, 0.3) is 0 Å². The number of amides is 1. The van der Waals surface area contributed by atoms with E-state index in [2.05, 4.69) is 11.2 Å². The number of aryl methyl sites for hydroxylation is 4. The molecule has 1 aliphatic heterocycles. The van der Waals surface area contributed by atoms with Crippen molar-refractivity contribution in [2.75, 3.05) is 11.4 Å². The zero-order valence-corrected chi connectivity index (χ0v) is 18.1. The zero-order chi connectivity index (χ0) is 22.0. The van der Waals surface area contributed by atoms with Gasteiger partial charge in [-0.3, -0.25) is 14.3 Å². The summed E-state index contributed by atoms with van der Waals surface area (Å²) < 4.78 is 15.4. The number of aromatic nitrogens is 3. The molecule has 1 amide bonds. The molecule has 0 spiro atoms. The standard InChI is InChI=1S/C22H24FN5O2S/c1-15-3-2-4-17-5-7-19(29)28(21(15)17)20-8-6-18(31-20)9-10-26-14-25-27(22(26)30)13-16(11-23)12-24/h2-4,6,8,11,14H,5,7,9-10,12-13,24H2,1H3/b16-11+. The second kappa shape index (κ2) is 8.99. The topological polar surface area (TPSA) is 86.2 Å². The normalized spacial score (nSPS) is 14.2. The van der Waals surface area contributed by atoms with Crippen molar-refractivity contribution in [1.29, 1.82) is 0 Å². The van der Waals surface area contributed by atoms with Crippen LogP contribution in [0.15, 0.2) is 53.4 Å². The number of hydrogen-bond acceptors (Lipinski definition) is 5. The van der Waals surface area contributed by atoms with E-state index >= 15 is 0 Å². The summed E-state index contributed by atoms with van der Waals surface area (Å²) in [5.74, 6) is 0.101. The number of thiophene rings is 1. The van der Waals surface area contributed by atoms with Crippen LogP contribution < -0.4 is 16.3 Å². The molecule has 0 bridgehead atoms. The number of benzene rings is 1. The largest absolute Gasteiger partial charge is 0.346 e. The Morgan fingerprint density at radius 2 is 2.10 bits per heavy atom. The van der Waals surface area contributed by atoms with Crippen LogP contribution in [0, 0.1) is 6.92 Å². The summed E-state index contributed by atoms with van der Waals surface area (Å²) in [4.78, 5) is 28.1. The number of carbonyl (C=O) groups excluding carboxylic acids is 1. The van der Waals surface area contributed by atoms with Gasteiger partial charge in [0.05, 0.1) is 18.6 Å². The van der Waals surface area contributed by atoms with Crippen molar-refractivity contribution >= 4 is 27.9 Å². The first kappa shape index (κ1) is 21.2. The van der Waals surface area contributed by atoms with E-state index in [0.717, 1.165) is 27.5 Å².